The van der Waals surface area contributed by atoms with Gasteiger partial charge in [-0.05, 0) is 37.8 Å². The van der Waals surface area contributed by atoms with Crippen LogP contribution in [0.1, 0.15) is 51.0 Å². The van der Waals surface area contributed by atoms with E-state index in [0.717, 1.165) is 50.1 Å². The van der Waals surface area contributed by atoms with Crippen molar-refractivity contribution in [3.63, 3.8) is 0 Å². The quantitative estimate of drug-likeness (QED) is 0.229. The molecule has 1 aliphatic rings. The average molecular weight is 570 g/mol. The Morgan fingerprint density at radius 3 is 2.58 bits per heavy atom. The fourth-order valence-electron chi connectivity index (χ4n) is 4.83. The van der Waals surface area contributed by atoms with Gasteiger partial charge in [-0.3, -0.25) is 9.59 Å². The van der Waals surface area contributed by atoms with Crippen LogP contribution in [0.4, 0.5) is 24.0 Å². The number of para-hydroxylation sites is 1. The Morgan fingerprint density at radius 2 is 1.82 bits per heavy atom. The van der Waals surface area contributed by atoms with Crippen LogP contribution in [0.15, 0.2) is 30.6 Å². The second-order valence-electron chi connectivity index (χ2n) is 9.72. The molecule has 2 N–H and O–H groups in total. The number of anilines is 2. The van der Waals surface area contributed by atoms with Crippen molar-refractivity contribution in [2.45, 2.75) is 52.4 Å². The number of carbonyl (C=O) groups excluding carboxylic acids is 2. The van der Waals surface area contributed by atoms with Crippen molar-refractivity contribution in [3.8, 4) is 22.9 Å². The van der Waals surface area contributed by atoms with Crippen molar-refractivity contribution >= 4 is 44.2 Å². The number of thiazole rings is 1. The maximum absolute atomic E-state index is 15.3. The Morgan fingerprint density at radius 1 is 1.05 bits per heavy atom. The molecule has 40 heavy (non-hydrogen) atoms. The maximum atomic E-state index is 15.3. The van der Waals surface area contributed by atoms with E-state index >= 15 is 8.78 Å². The van der Waals surface area contributed by atoms with E-state index in [9.17, 15) is 14.0 Å². The molecule has 0 saturated heterocycles. The van der Waals surface area contributed by atoms with Gasteiger partial charge in [0.2, 0.25) is 17.7 Å². The summed E-state index contributed by atoms with van der Waals surface area (Å²) in [6, 6.07) is 6.37. The van der Waals surface area contributed by atoms with E-state index in [4.69, 9.17) is 4.74 Å². The van der Waals surface area contributed by atoms with Crippen LogP contribution in [0.3, 0.4) is 0 Å². The highest BCUT2D eigenvalue weighted by atomic mass is 32.1. The predicted molar refractivity (Wildman–Crippen MR) is 146 cm³/mol. The summed E-state index contributed by atoms with van der Waals surface area (Å²) in [5.74, 6) is -4.16. The van der Waals surface area contributed by atoms with Crippen molar-refractivity contribution in [2.75, 3.05) is 10.6 Å². The lowest BCUT2D eigenvalue weighted by Crippen LogP contribution is -2.20. The normalized spacial score (nSPS) is 13.8. The van der Waals surface area contributed by atoms with E-state index in [-0.39, 0.29) is 35.6 Å². The number of ether oxygens (including phenoxy) is 1. The summed E-state index contributed by atoms with van der Waals surface area (Å²) in [4.78, 5) is 36.7. The van der Waals surface area contributed by atoms with Crippen molar-refractivity contribution in [3.05, 3.63) is 53.6 Å². The number of nitrogens with zero attached hydrogens (tertiary/aromatic N) is 3. The third kappa shape index (κ3) is 5.76. The lowest BCUT2D eigenvalue weighted by molar-refractivity contribution is -0.117. The van der Waals surface area contributed by atoms with Gasteiger partial charge in [0.15, 0.2) is 28.3 Å². The molecule has 0 spiro atoms. The lowest BCUT2D eigenvalue weighted by atomic mass is 9.87. The summed E-state index contributed by atoms with van der Waals surface area (Å²) < 4.78 is 52.0. The van der Waals surface area contributed by atoms with E-state index in [1.807, 2.05) is 0 Å². The van der Waals surface area contributed by atoms with Gasteiger partial charge in [-0.2, -0.15) is 0 Å². The highest BCUT2D eigenvalue weighted by Gasteiger charge is 2.27. The summed E-state index contributed by atoms with van der Waals surface area (Å²) in [6.45, 7) is 2.47. The molecule has 8 nitrogen and oxygen atoms in total. The Hall–Kier alpha value is -4.06. The highest BCUT2D eigenvalue weighted by molar-refractivity contribution is 7.22. The number of hydrogen-bond acceptors (Lipinski definition) is 7. The minimum atomic E-state index is -1.38. The molecule has 0 radical (unpaired) electrons. The summed E-state index contributed by atoms with van der Waals surface area (Å²) in [5, 5.41) is 5.48. The van der Waals surface area contributed by atoms with E-state index in [2.05, 4.69) is 25.6 Å². The van der Waals surface area contributed by atoms with Crippen LogP contribution in [0.5, 0.6) is 11.6 Å². The number of fused-ring (bicyclic) bond motifs is 1. The van der Waals surface area contributed by atoms with Crippen LogP contribution in [-0.4, -0.2) is 26.8 Å². The topological polar surface area (TPSA) is 106 Å². The Kier molecular flexibility index (Phi) is 7.97. The molecule has 5 rings (SSSR count). The SMILES string of the molecule is CC(=O)Nc1nc2c(Oc3cc(-c4c(F)c(F)c(C)c(F)c4NC(=O)CC4CCCCC4)ncn3)cccc2s1. The van der Waals surface area contributed by atoms with Crippen LogP contribution in [0, 0.1) is 30.3 Å². The molecule has 12 heteroatoms. The third-order valence-corrected chi connectivity index (χ3v) is 7.72. The van der Waals surface area contributed by atoms with Gasteiger partial charge in [0.25, 0.3) is 0 Å². The zero-order valence-corrected chi connectivity index (χ0v) is 22.6. The van der Waals surface area contributed by atoms with E-state index in [1.165, 1.54) is 24.3 Å². The monoisotopic (exact) mass is 569 g/mol. The number of aromatic nitrogens is 3. The van der Waals surface area contributed by atoms with Crippen LogP contribution in [-0.2, 0) is 9.59 Å². The zero-order valence-electron chi connectivity index (χ0n) is 21.8. The fourth-order valence-corrected chi connectivity index (χ4v) is 5.76. The van der Waals surface area contributed by atoms with Crippen molar-refractivity contribution in [1.82, 2.24) is 15.0 Å². The summed E-state index contributed by atoms with van der Waals surface area (Å²) in [5.41, 5.74) is -1.30. The maximum Gasteiger partial charge on any atom is 0.224 e. The molecule has 1 fully saturated rings. The van der Waals surface area contributed by atoms with Crippen LogP contribution in [0.25, 0.3) is 21.5 Å². The molecular formula is C28H26F3N5O3S. The lowest BCUT2D eigenvalue weighted by Gasteiger charge is -2.22. The molecule has 208 valence electrons. The summed E-state index contributed by atoms with van der Waals surface area (Å²) in [6.07, 6.45) is 6.17. The van der Waals surface area contributed by atoms with Crippen molar-refractivity contribution < 1.29 is 27.5 Å². The first kappa shape index (κ1) is 27.5. The molecule has 2 aromatic heterocycles. The van der Waals surface area contributed by atoms with Gasteiger partial charge in [0.05, 0.1) is 21.6 Å². The van der Waals surface area contributed by atoms with Crippen LogP contribution >= 0.6 is 11.3 Å². The molecular weight excluding hydrogens is 543 g/mol. The number of halogens is 3. The molecule has 1 saturated carbocycles. The Balaban J connectivity index is 1.48. The number of amides is 2. The van der Waals surface area contributed by atoms with Gasteiger partial charge in [0, 0.05) is 25.0 Å². The number of rotatable bonds is 7. The molecule has 4 aromatic rings. The first-order valence-corrected chi connectivity index (χ1v) is 13.7. The largest absolute Gasteiger partial charge is 0.437 e. The second kappa shape index (κ2) is 11.6. The van der Waals surface area contributed by atoms with E-state index in [1.54, 1.807) is 18.2 Å². The fraction of sp³-hybridized carbons (Fsp3) is 0.321. The Bertz CT molecular complexity index is 1600. The van der Waals surface area contributed by atoms with Gasteiger partial charge in [-0.1, -0.05) is 36.7 Å². The number of nitrogens with one attached hydrogen (secondary N) is 2. The van der Waals surface area contributed by atoms with Gasteiger partial charge in [-0.15, -0.1) is 0 Å². The molecule has 0 atom stereocenters. The van der Waals surface area contributed by atoms with Crippen LogP contribution in [0.2, 0.25) is 0 Å². The summed E-state index contributed by atoms with van der Waals surface area (Å²) in [7, 11) is 0. The Labute approximate surface area is 232 Å². The van der Waals surface area contributed by atoms with Gasteiger partial charge >= 0.3 is 0 Å². The third-order valence-electron chi connectivity index (χ3n) is 6.78. The first-order chi connectivity index (χ1) is 19.2. The van der Waals surface area contributed by atoms with E-state index in [0.29, 0.717) is 10.6 Å². The van der Waals surface area contributed by atoms with Crippen molar-refractivity contribution in [1.29, 1.82) is 0 Å². The van der Waals surface area contributed by atoms with Gasteiger partial charge in [-0.25, -0.2) is 28.1 Å². The predicted octanol–water partition coefficient (Wildman–Crippen LogP) is 7.14. The van der Waals surface area contributed by atoms with Gasteiger partial charge in [0.1, 0.15) is 11.8 Å². The number of hydrogen-bond donors (Lipinski definition) is 2. The molecule has 0 aliphatic heterocycles. The molecule has 1 aliphatic carbocycles. The number of benzene rings is 2. The molecule has 2 heterocycles. The molecule has 2 aromatic carbocycles. The highest BCUT2D eigenvalue weighted by Crippen LogP contribution is 2.39. The van der Waals surface area contributed by atoms with Crippen molar-refractivity contribution in [2.24, 2.45) is 5.92 Å². The van der Waals surface area contributed by atoms with E-state index < -0.39 is 40.2 Å². The molecule has 2 amide bonds. The number of carbonyl (C=O) groups is 2. The first-order valence-electron chi connectivity index (χ1n) is 12.9. The summed E-state index contributed by atoms with van der Waals surface area (Å²) >= 11 is 1.25. The van der Waals surface area contributed by atoms with Gasteiger partial charge < -0.3 is 15.4 Å². The zero-order chi connectivity index (χ0) is 28.4. The smallest absolute Gasteiger partial charge is 0.224 e. The molecule has 0 unspecified atom stereocenters. The average Bonchev–Trinajstić information content (AvgIpc) is 3.34. The minimum absolute atomic E-state index is 0.0492. The molecule has 0 bridgehead atoms. The minimum Gasteiger partial charge on any atom is -0.437 e. The van der Waals surface area contributed by atoms with Crippen LogP contribution < -0.4 is 15.4 Å². The standard InChI is InChI=1S/C28H26F3N5O3S/c1-14-23(29)25(31)22(27(24(14)30)35-20(38)11-16-7-4-3-5-8-16)17-12-21(33-13-32-17)39-18-9-6-10-19-26(18)36-28(40-19)34-15(2)37/h6,9-10,12-13,16H,3-5,7-8,11H2,1-2H3,(H,35,38)(H,34,36,37). The second-order valence-corrected chi connectivity index (χ2v) is 10.8.